The number of carbonyl (C=O) groups is 1. The zero-order valence-electron chi connectivity index (χ0n) is 16.2. The Labute approximate surface area is 159 Å². The fourth-order valence-corrected chi connectivity index (χ4v) is 2.58. The largest absolute Gasteiger partial charge is 0.424 e. The van der Waals surface area contributed by atoms with Gasteiger partial charge >= 0.3 is 5.97 Å². The van der Waals surface area contributed by atoms with Gasteiger partial charge in [-0.1, -0.05) is 55.5 Å². The van der Waals surface area contributed by atoms with E-state index in [-0.39, 0.29) is 5.97 Å². The summed E-state index contributed by atoms with van der Waals surface area (Å²) in [4.78, 5) is 12.6. The van der Waals surface area contributed by atoms with Gasteiger partial charge < -0.3 is 4.74 Å². The summed E-state index contributed by atoms with van der Waals surface area (Å²) in [6, 6.07) is 19.4. The van der Waals surface area contributed by atoms with Gasteiger partial charge in [-0.25, -0.2) is 0 Å². The first-order valence-electron chi connectivity index (χ1n) is 9.14. The SMILES string of the molecule is CCC(C)(C)C(=O)Oc1ccc2ccccc2c1N=Nc1ccccc1C. The number of hydrogen-bond donors (Lipinski definition) is 0. The highest BCUT2D eigenvalue weighted by atomic mass is 16.5. The lowest BCUT2D eigenvalue weighted by Gasteiger charge is -2.20. The Hall–Kier alpha value is -3.01. The molecule has 0 unspecified atom stereocenters. The number of ether oxygens (including phenoxy) is 1. The Morgan fingerprint density at radius 3 is 2.41 bits per heavy atom. The van der Waals surface area contributed by atoms with Crippen LogP contribution in [0.15, 0.2) is 70.9 Å². The van der Waals surface area contributed by atoms with Crippen molar-refractivity contribution < 1.29 is 9.53 Å². The van der Waals surface area contributed by atoms with E-state index in [9.17, 15) is 4.79 Å². The molecule has 3 aromatic carbocycles. The number of benzene rings is 3. The van der Waals surface area contributed by atoms with Crippen LogP contribution in [0.25, 0.3) is 10.8 Å². The normalized spacial score (nSPS) is 11.9. The number of rotatable bonds is 5. The van der Waals surface area contributed by atoms with Crippen molar-refractivity contribution in [3.8, 4) is 5.75 Å². The molecule has 0 spiro atoms. The average molecular weight is 360 g/mol. The first-order chi connectivity index (χ1) is 12.9. The van der Waals surface area contributed by atoms with E-state index in [1.165, 1.54) is 0 Å². The van der Waals surface area contributed by atoms with Gasteiger partial charge in [-0.05, 0) is 50.3 Å². The van der Waals surface area contributed by atoms with Crippen LogP contribution in [0.1, 0.15) is 32.8 Å². The number of fused-ring (bicyclic) bond motifs is 1. The van der Waals surface area contributed by atoms with Crippen molar-refractivity contribution in [2.24, 2.45) is 15.6 Å². The number of carbonyl (C=O) groups excluding carboxylic acids is 1. The highest BCUT2D eigenvalue weighted by molar-refractivity contribution is 5.96. The van der Waals surface area contributed by atoms with Crippen LogP contribution in [0.4, 0.5) is 11.4 Å². The molecule has 0 N–H and O–H groups in total. The van der Waals surface area contributed by atoms with Crippen molar-refractivity contribution in [1.29, 1.82) is 0 Å². The first-order valence-corrected chi connectivity index (χ1v) is 9.14. The molecule has 27 heavy (non-hydrogen) atoms. The summed E-state index contributed by atoms with van der Waals surface area (Å²) >= 11 is 0. The fourth-order valence-electron chi connectivity index (χ4n) is 2.58. The first kappa shape index (κ1) is 18.8. The highest BCUT2D eigenvalue weighted by Gasteiger charge is 2.28. The third kappa shape index (κ3) is 4.05. The van der Waals surface area contributed by atoms with Gasteiger partial charge in [-0.2, -0.15) is 5.11 Å². The van der Waals surface area contributed by atoms with Gasteiger partial charge in [-0.3, -0.25) is 4.79 Å². The molecule has 0 radical (unpaired) electrons. The van der Waals surface area contributed by atoms with E-state index in [1.54, 1.807) is 6.07 Å². The number of hydrogen-bond acceptors (Lipinski definition) is 4. The van der Waals surface area contributed by atoms with Gasteiger partial charge in [-0.15, -0.1) is 5.11 Å². The standard InChI is InChI=1S/C23H24N2O2/c1-5-23(3,4)22(26)27-20-15-14-17-11-7-8-12-18(17)21(20)25-24-19-13-9-6-10-16(19)2/h6-15H,5H2,1-4H3. The van der Waals surface area contributed by atoms with E-state index in [0.717, 1.165) is 22.0 Å². The Morgan fingerprint density at radius 1 is 0.963 bits per heavy atom. The molecule has 0 heterocycles. The molecular formula is C23H24N2O2. The monoisotopic (exact) mass is 360 g/mol. The molecule has 3 aromatic rings. The maximum atomic E-state index is 12.6. The third-order valence-corrected chi connectivity index (χ3v) is 4.88. The van der Waals surface area contributed by atoms with Crippen LogP contribution in [-0.2, 0) is 4.79 Å². The van der Waals surface area contributed by atoms with E-state index in [4.69, 9.17) is 4.74 Å². The predicted octanol–water partition coefficient (Wildman–Crippen LogP) is 6.91. The second-order valence-electron chi connectivity index (χ2n) is 7.25. The Bertz CT molecular complexity index is 1010. The van der Waals surface area contributed by atoms with Gasteiger partial charge in [0, 0.05) is 5.39 Å². The van der Waals surface area contributed by atoms with Crippen LogP contribution in [-0.4, -0.2) is 5.97 Å². The van der Waals surface area contributed by atoms with Crippen molar-refractivity contribution in [2.45, 2.75) is 34.1 Å². The second kappa shape index (κ2) is 7.70. The number of aryl methyl sites for hydroxylation is 1. The summed E-state index contributed by atoms with van der Waals surface area (Å²) in [6.07, 6.45) is 0.694. The molecule has 0 amide bonds. The van der Waals surface area contributed by atoms with Crippen molar-refractivity contribution in [2.75, 3.05) is 0 Å². The lowest BCUT2D eigenvalue weighted by atomic mass is 9.91. The zero-order chi connectivity index (χ0) is 19.4. The molecule has 0 aromatic heterocycles. The summed E-state index contributed by atoms with van der Waals surface area (Å²) < 4.78 is 5.74. The van der Waals surface area contributed by atoms with Crippen LogP contribution >= 0.6 is 0 Å². The molecule has 0 fully saturated rings. The third-order valence-electron chi connectivity index (χ3n) is 4.88. The number of esters is 1. The van der Waals surface area contributed by atoms with E-state index >= 15 is 0 Å². The second-order valence-corrected chi connectivity index (χ2v) is 7.25. The Morgan fingerprint density at radius 2 is 1.67 bits per heavy atom. The minimum Gasteiger partial charge on any atom is -0.424 e. The van der Waals surface area contributed by atoms with E-state index in [2.05, 4.69) is 10.2 Å². The van der Waals surface area contributed by atoms with E-state index < -0.39 is 5.41 Å². The molecule has 0 bridgehead atoms. The molecule has 3 rings (SSSR count). The predicted molar refractivity (Wildman–Crippen MR) is 109 cm³/mol. The quantitative estimate of drug-likeness (QED) is 0.282. The molecular weight excluding hydrogens is 336 g/mol. The van der Waals surface area contributed by atoms with Crippen molar-refractivity contribution in [3.63, 3.8) is 0 Å². The van der Waals surface area contributed by atoms with Crippen molar-refractivity contribution in [3.05, 3.63) is 66.2 Å². The van der Waals surface area contributed by atoms with Gasteiger partial charge in [0.1, 0.15) is 5.69 Å². The molecule has 0 saturated heterocycles. The average Bonchev–Trinajstić information content (AvgIpc) is 2.68. The molecule has 0 atom stereocenters. The van der Waals surface area contributed by atoms with E-state index in [1.807, 2.05) is 82.3 Å². The molecule has 0 aliphatic carbocycles. The maximum absolute atomic E-state index is 12.6. The topological polar surface area (TPSA) is 51.0 Å². The van der Waals surface area contributed by atoms with Crippen LogP contribution in [0.5, 0.6) is 5.75 Å². The van der Waals surface area contributed by atoms with E-state index in [0.29, 0.717) is 17.9 Å². The lowest BCUT2D eigenvalue weighted by Crippen LogP contribution is -2.28. The lowest BCUT2D eigenvalue weighted by molar-refractivity contribution is -0.144. The minimum atomic E-state index is -0.559. The summed E-state index contributed by atoms with van der Waals surface area (Å²) in [5.74, 6) is 0.158. The Balaban J connectivity index is 2.08. The van der Waals surface area contributed by atoms with Crippen LogP contribution < -0.4 is 4.74 Å². The number of nitrogens with zero attached hydrogens (tertiary/aromatic N) is 2. The molecule has 138 valence electrons. The molecule has 0 aliphatic rings. The van der Waals surface area contributed by atoms with Crippen LogP contribution in [0.2, 0.25) is 0 Å². The van der Waals surface area contributed by atoms with Crippen LogP contribution in [0, 0.1) is 12.3 Å². The molecule has 0 aliphatic heterocycles. The van der Waals surface area contributed by atoms with Gasteiger partial charge in [0.2, 0.25) is 0 Å². The fraction of sp³-hybridized carbons (Fsp3) is 0.261. The van der Waals surface area contributed by atoms with Gasteiger partial charge in [0.05, 0.1) is 11.1 Å². The molecule has 0 saturated carbocycles. The maximum Gasteiger partial charge on any atom is 0.316 e. The molecule has 4 heteroatoms. The highest BCUT2D eigenvalue weighted by Crippen LogP contribution is 2.38. The van der Waals surface area contributed by atoms with Gasteiger partial charge in [0.25, 0.3) is 0 Å². The number of azo groups is 1. The van der Waals surface area contributed by atoms with Crippen LogP contribution in [0.3, 0.4) is 0 Å². The van der Waals surface area contributed by atoms with Crippen molar-refractivity contribution >= 4 is 28.1 Å². The minimum absolute atomic E-state index is 0.271. The summed E-state index contributed by atoms with van der Waals surface area (Å²) in [5, 5.41) is 10.8. The zero-order valence-corrected chi connectivity index (χ0v) is 16.2. The Kier molecular flexibility index (Phi) is 5.36. The summed E-state index contributed by atoms with van der Waals surface area (Å²) in [7, 11) is 0. The smallest absolute Gasteiger partial charge is 0.316 e. The molecule has 4 nitrogen and oxygen atoms in total. The summed E-state index contributed by atoms with van der Waals surface area (Å²) in [5.41, 5.74) is 1.83. The summed E-state index contributed by atoms with van der Waals surface area (Å²) in [6.45, 7) is 7.72. The van der Waals surface area contributed by atoms with Gasteiger partial charge in [0.15, 0.2) is 5.75 Å². The van der Waals surface area contributed by atoms with Crippen molar-refractivity contribution in [1.82, 2.24) is 0 Å².